The summed E-state index contributed by atoms with van der Waals surface area (Å²) < 4.78 is 19.8. The summed E-state index contributed by atoms with van der Waals surface area (Å²) in [6.07, 6.45) is 2.96. The summed E-state index contributed by atoms with van der Waals surface area (Å²) in [5, 5.41) is 4.16. The topological polar surface area (TPSA) is 56.5 Å². The lowest BCUT2D eigenvalue weighted by Gasteiger charge is -2.05. The molecule has 0 aliphatic rings. The van der Waals surface area contributed by atoms with Crippen LogP contribution in [0.2, 0.25) is 0 Å². The zero-order valence-corrected chi connectivity index (χ0v) is 11.3. The van der Waals surface area contributed by atoms with Crippen LogP contribution >= 0.6 is 0 Å². The molecule has 0 saturated heterocycles. The second-order valence-electron chi connectivity index (χ2n) is 4.35. The molecule has 2 heterocycles. The Kier molecular flexibility index (Phi) is 3.35. The third-order valence-electron chi connectivity index (χ3n) is 3.02. The number of rotatable bonds is 3. The predicted octanol–water partition coefficient (Wildman–Crippen LogP) is 2.71. The molecule has 6 heteroatoms. The Labute approximate surface area is 120 Å². The minimum atomic E-state index is -0.476. The largest absolute Gasteiger partial charge is 0.462 e. The molecule has 0 bridgehead atoms. The SMILES string of the molecule is CCOC(=O)c1cnn2c(-c3cccc(F)c3)ccnc12. The number of halogens is 1. The smallest absolute Gasteiger partial charge is 0.343 e. The molecular formula is C15H12FN3O2. The minimum absolute atomic E-state index is 0.278. The quantitative estimate of drug-likeness (QED) is 0.694. The lowest BCUT2D eigenvalue weighted by atomic mass is 10.1. The van der Waals surface area contributed by atoms with Gasteiger partial charge in [-0.25, -0.2) is 18.7 Å². The van der Waals surface area contributed by atoms with Gasteiger partial charge in [-0.3, -0.25) is 0 Å². The van der Waals surface area contributed by atoms with Crippen LogP contribution in [-0.2, 0) is 4.74 Å². The summed E-state index contributed by atoms with van der Waals surface area (Å²) in [5.41, 5.74) is 1.97. The van der Waals surface area contributed by atoms with Crippen LogP contribution in [0, 0.1) is 5.82 Å². The van der Waals surface area contributed by atoms with Gasteiger partial charge in [0.05, 0.1) is 18.5 Å². The predicted molar refractivity (Wildman–Crippen MR) is 74.3 cm³/mol. The van der Waals surface area contributed by atoms with E-state index in [4.69, 9.17) is 4.74 Å². The molecule has 0 spiro atoms. The summed E-state index contributed by atoms with van der Waals surface area (Å²) >= 11 is 0. The first-order valence-corrected chi connectivity index (χ1v) is 6.46. The molecular weight excluding hydrogens is 273 g/mol. The summed E-state index contributed by atoms with van der Waals surface area (Å²) in [7, 11) is 0. The average molecular weight is 285 g/mol. The fourth-order valence-electron chi connectivity index (χ4n) is 2.11. The van der Waals surface area contributed by atoms with Crippen molar-refractivity contribution in [1.29, 1.82) is 0 Å². The molecule has 1 aromatic carbocycles. The van der Waals surface area contributed by atoms with Gasteiger partial charge >= 0.3 is 5.97 Å². The summed E-state index contributed by atoms with van der Waals surface area (Å²) in [6, 6.07) is 7.87. The molecule has 0 amide bonds. The minimum Gasteiger partial charge on any atom is -0.462 e. The second kappa shape index (κ2) is 5.32. The van der Waals surface area contributed by atoms with Gasteiger partial charge in [0.1, 0.15) is 11.4 Å². The van der Waals surface area contributed by atoms with E-state index in [-0.39, 0.29) is 18.0 Å². The van der Waals surface area contributed by atoms with Crippen LogP contribution in [0.3, 0.4) is 0 Å². The monoisotopic (exact) mass is 285 g/mol. The van der Waals surface area contributed by atoms with Crippen molar-refractivity contribution in [3.63, 3.8) is 0 Å². The number of aromatic nitrogens is 3. The van der Waals surface area contributed by atoms with Gasteiger partial charge in [0.25, 0.3) is 0 Å². The van der Waals surface area contributed by atoms with Gasteiger partial charge in [-0.05, 0) is 25.1 Å². The van der Waals surface area contributed by atoms with Crippen LogP contribution in [0.25, 0.3) is 16.9 Å². The third-order valence-corrected chi connectivity index (χ3v) is 3.02. The van der Waals surface area contributed by atoms with Crippen molar-refractivity contribution < 1.29 is 13.9 Å². The van der Waals surface area contributed by atoms with E-state index >= 15 is 0 Å². The molecule has 21 heavy (non-hydrogen) atoms. The Morgan fingerprint density at radius 2 is 2.24 bits per heavy atom. The Bertz CT molecular complexity index is 814. The molecule has 2 aromatic heterocycles. The van der Waals surface area contributed by atoms with E-state index in [9.17, 15) is 9.18 Å². The summed E-state index contributed by atoms with van der Waals surface area (Å²) in [6.45, 7) is 2.01. The number of hydrogen-bond acceptors (Lipinski definition) is 4. The number of fused-ring (bicyclic) bond motifs is 1. The van der Waals surface area contributed by atoms with Gasteiger partial charge in [-0.1, -0.05) is 12.1 Å². The Hall–Kier alpha value is -2.76. The van der Waals surface area contributed by atoms with Gasteiger partial charge in [0, 0.05) is 11.8 Å². The van der Waals surface area contributed by atoms with Crippen molar-refractivity contribution in [1.82, 2.24) is 14.6 Å². The molecule has 0 radical (unpaired) electrons. The fourth-order valence-corrected chi connectivity index (χ4v) is 2.11. The number of benzene rings is 1. The molecule has 106 valence electrons. The number of carbonyl (C=O) groups excluding carboxylic acids is 1. The molecule has 0 aliphatic heterocycles. The van der Waals surface area contributed by atoms with Crippen molar-refractivity contribution in [3.8, 4) is 11.3 Å². The maximum atomic E-state index is 13.4. The highest BCUT2D eigenvalue weighted by Crippen LogP contribution is 2.21. The molecule has 0 aliphatic carbocycles. The molecule has 3 rings (SSSR count). The Morgan fingerprint density at radius 1 is 1.38 bits per heavy atom. The maximum Gasteiger partial charge on any atom is 0.343 e. The maximum absolute atomic E-state index is 13.4. The standard InChI is InChI=1S/C15H12FN3O2/c1-2-21-15(20)12-9-18-19-13(6-7-17-14(12)19)10-4-3-5-11(16)8-10/h3-9H,2H2,1H3. The molecule has 0 N–H and O–H groups in total. The number of esters is 1. The highest BCUT2D eigenvalue weighted by atomic mass is 19.1. The Balaban J connectivity index is 2.16. The van der Waals surface area contributed by atoms with Crippen molar-refractivity contribution >= 4 is 11.6 Å². The van der Waals surface area contributed by atoms with Gasteiger partial charge < -0.3 is 4.74 Å². The van der Waals surface area contributed by atoms with Crippen LogP contribution in [0.1, 0.15) is 17.3 Å². The fraction of sp³-hybridized carbons (Fsp3) is 0.133. The highest BCUT2D eigenvalue weighted by Gasteiger charge is 2.17. The molecule has 0 atom stereocenters. The van der Waals surface area contributed by atoms with Gasteiger partial charge in [0.15, 0.2) is 5.65 Å². The third kappa shape index (κ3) is 2.35. The van der Waals surface area contributed by atoms with E-state index in [0.29, 0.717) is 16.9 Å². The lowest BCUT2D eigenvalue weighted by molar-refractivity contribution is 0.0528. The van der Waals surface area contributed by atoms with Crippen molar-refractivity contribution in [2.75, 3.05) is 6.61 Å². The zero-order chi connectivity index (χ0) is 14.8. The number of hydrogen-bond donors (Lipinski definition) is 0. The molecule has 0 saturated carbocycles. The van der Waals surface area contributed by atoms with E-state index in [0.717, 1.165) is 0 Å². The van der Waals surface area contributed by atoms with Crippen LogP contribution in [0.4, 0.5) is 4.39 Å². The van der Waals surface area contributed by atoms with Crippen molar-refractivity contribution in [3.05, 3.63) is 54.1 Å². The molecule has 3 aromatic rings. The number of ether oxygens (including phenoxy) is 1. The summed E-state index contributed by atoms with van der Waals surface area (Å²) in [4.78, 5) is 16.0. The van der Waals surface area contributed by atoms with E-state index in [1.165, 1.54) is 22.8 Å². The van der Waals surface area contributed by atoms with Crippen LogP contribution in [0.15, 0.2) is 42.7 Å². The van der Waals surface area contributed by atoms with E-state index in [1.807, 2.05) is 0 Å². The van der Waals surface area contributed by atoms with E-state index in [1.54, 1.807) is 31.3 Å². The number of nitrogens with zero attached hydrogens (tertiary/aromatic N) is 3. The summed E-state index contributed by atoms with van der Waals surface area (Å²) in [5.74, 6) is -0.813. The average Bonchev–Trinajstić information content (AvgIpc) is 2.91. The number of carbonyl (C=O) groups is 1. The van der Waals surface area contributed by atoms with Gasteiger partial charge in [0.2, 0.25) is 0 Å². The van der Waals surface area contributed by atoms with Crippen molar-refractivity contribution in [2.24, 2.45) is 0 Å². The van der Waals surface area contributed by atoms with Gasteiger partial charge in [-0.15, -0.1) is 0 Å². The first-order valence-electron chi connectivity index (χ1n) is 6.46. The first kappa shape index (κ1) is 13.2. The normalized spacial score (nSPS) is 10.8. The van der Waals surface area contributed by atoms with Gasteiger partial charge in [-0.2, -0.15) is 5.10 Å². The van der Waals surface area contributed by atoms with E-state index < -0.39 is 5.97 Å². The second-order valence-corrected chi connectivity index (χ2v) is 4.35. The molecule has 5 nitrogen and oxygen atoms in total. The van der Waals surface area contributed by atoms with Crippen molar-refractivity contribution in [2.45, 2.75) is 6.92 Å². The molecule has 0 fully saturated rings. The van der Waals surface area contributed by atoms with Crippen LogP contribution < -0.4 is 0 Å². The first-order chi connectivity index (χ1) is 10.2. The highest BCUT2D eigenvalue weighted by molar-refractivity contribution is 5.95. The lowest BCUT2D eigenvalue weighted by Crippen LogP contribution is -2.05. The van der Waals surface area contributed by atoms with Crippen LogP contribution in [0.5, 0.6) is 0 Å². The zero-order valence-electron chi connectivity index (χ0n) is 11.3. The van der Waals surface area contributed by atoms with E-state index in [2.05, 4.69) is 10.1 Å². The van der Waals surface area contributed by atoms with Crippen LogP contribution in [-0.4, -0.2) is 27.2 Å². The Morgan fingerprint density at radius 3 is 3.00 bits per heavy atom. The molecule has 0 unspecified atom stereocenters.